The van der Waals surface area contributed by atoms with Crippen LogP contribution in [0.3, 0.4) is 0 Å². The Morgan fingerprint density at radius 2 is 0.611 bits per heavy atom. The van der Waals surface area contributed by atoms with E-state index in [0.717, 1.165) is 0 Å². The lowest BCUT2D eigenvalue weighted by Crippen LogP contribution is -1.99. The average Bonchev–Trinajstić information content (AvgIpc) is 2.99. The highest BCUT2D eigenvalue weighted by molar-refractivity contribution is 7.99. The van der Waals surface area contributed by atoms with E-state index in [-0.39, 0.29) is 18.3 Å². The summed E-state index contributed by atoms with van der Waals surface area (Å²) in [6, 6.07) is 42.1. The monoisotopic (exact) mass is 523 g/mol. The highest BCUT2D eigenvalue weighted by Crippen LogP contribution is 2.26. The lowest BCUT2D eigenvalue weighted by molar-refractivity contribution is 1.38. The van der Waals surface area contributed by atoms with Gasteiger partial charge in [0.25, 0.3) is 0 Å². The minimum atomic E-state index is 0. The van der Waals surface area contributed by atoms with Crippen molar-refractivity contribution < 1.29 is 0 Å². The Morgan fingerprint density at radius 3 is 0.861 bits per heavy atom. The highest BCUT2D eigenvalue weighted by atomic mass is 32.2. The SMILES string of the molecule is C.CC.CC.CC.CC.C[S+](c1ccccc1)c1ccccc1.c1ccc(Sc2ccccc2)cc1. The van der Waals surface area contributed by atoms with E-state index in [0.29, 0.717) is 0 Å². The third-order valence-corrected chi connectivity index (χ3v) is 6.89. The molecular formula is C34H51S2+. The van der Waals surface area contributed by atoms with Crippen molar-refractivity contribution in [3.8, 4) is 0 Å². The van der Waals surface area contributed by atoms with E-state index in [1.807, 2.05) is 67.5 Å². The van der Waals surface area contributed by atoms with Gasteiger partial charge < -0.3 is 0 Å². The summed E-state index contributed by atoms with van der Waals surface area (Å²) in [4.78, 5) is 5.37. The molecule has 0 spiro atoms. The molecule has 0 amide bonds. The van der Waals surface area contributed by atoms with Crippen molar-refractivity contribution in [2.45, 2.75) is 82.4 Å². The summed E-state index contributed by atoms with van der Waals surface area (Å²) in [7, 11) is 0.203. The maximum absolute atomic E-state index is 2.27. The van der Waals surface area contributed by atoms with Crippen LogP contribution < -0.4 is 0 Å². The predicted octanol–water partition coefficient (Wildman–Crippen LogP) is 11.9. The predicted molar refractivity (Wildman–Crippen MR) is 172 cm³/mol. The van der Waals surface area contributed by atoms with Gasteiger partial charge in [-0.15, -0.1) is 0 Å². The second-order valence-corrected chi connectivity index (χ2v) is 8.97. The van der Waals surface area contributed by atoms with Crippen LogP contribution in [0.25, 0.3) is 0 Å². The van der Waals surface area contributed by atoms with Gasteiger partial charge in [0.15, 0.2) is 9.79 Å². The molecule has 4 aromatic carbocycles. The van der Waals surface area contributed by atoms with Gasteiger partial charge in [-0.05, 0) is 48.5 Å². The minimum Gasteiger partial charge on any atom is -0.0901 e. The molecule has 0 saturated carbocycles. The Morgan fingerprint density at radius 1 is 0.389 bits per heavy atom. The largest absolute Gasteiger partial charge is 0.160 e. The zero-order chi connectivity index (χ0) is 26.7. The van der Waals surface area contributed by atoms with Crippen molar-refractivity contribution in [2.24, 2.45) is 0 Å². The Hall–Kier alpha value is -2.42. The van der Waals surface area contributed by atoms with E-state index < -0.39 is 0 Å². The summed E-state index contributed by atoms with van der Waals surface area (Å²) >= 11 is 1.79. The zero-order valence-electron chi connectivity index (χ0n) is 23.4. The van der Waals surface area contributed by atoms with E-state index >= 15 is 0 Å². The topological polar surface area (TPSA) is 0 Å². The van der Waals surface area contributed by atoms with Crippen LogP contribution in [-0.2, 0) is 10.9 Å². The molecule has 0 aliphatic rings. The van der Waals surface area contributed by atoms with Gasteiger partial charge in [0.1, 0.15) is 6.26 Å². The summed E-state index contributed by atoms with van der Waals surface area (Å²) in [6.07, 6.45) is 2.27. The fraction of sp³-hybridized carbons (Fsp3) is 0.294. The van der Waals surface area contributed by atoms with Gasteiger partial charge in [0, 0.05) is 9.79 Å². The molecule has 0 radical (unpaired) electrons. The Labute approximate surface area is 232 Å². The first-order valence-corrected chi connectivity index (χ1v) is 15.3. The van der Waals surface area contributed by atoms with Gasteiger partial charge in [-0.2, -0.15) is 0 Å². The highest BCUT2D eigenvalue weighted by Gasteiger charge is 2.17. The fourth-order valence-corrected chi connectivity index (χ4v) is 4.76. The van der Waals surface area contributed by atoms with E-state index in [9.17, 15) is 0 Å². The molecule has 2 heteroatoms. The van der Waals surface area contributed by atoms with Crippen molar-refractivity contribution in [3.63, 3.8) is 0 Å². The molecule has 4 rings (SSSR count). The lowest BCUT2D eigenvalue weighted by atomic mass is 10.4. The summed E-state index contributed by atoms with van der Waals surface area (Å²) in [5, 5.41) is 0. The molecule has 198 valence electrons. The number of benzene rings is 4. The molecule has 0 fully saturated rings. The summed E-state index contributed by atoms with van der Waals surface area (Å²) in [5.41, 5.74) is 0. The van der Waals surface area contributed by atoms with Crippen LogP contribution in [0.1, 0.15) is 62.8 Å². The van der Waals surface area contributed by atoms with Crippen LogP contribution in [0, 0.1) is 0 Å². The van der Waals surface area contributed by atoms with Gasteiger partial charge in [0.2, 0.25) is 0 Å². The lowest BCUT2D eigenvalue weighted by Gasteiger charge is -2.00. The van der Waals surface area contributed by atoms with Gasteiger partial charge in [-0.1, -0.05) is 147 Å². The van der Waals surface area contributed by atoms with Crippen LogP contribution in [0.4, 0.5) is 0 Å². The first-order chi connectivity index (χ1) is 17.3. The Kier molecular flexibility index (Phi) is 30.5. The number of rotatable bonds is 4. The summed E-state index contributed by atoms with van der Waals surface area (Å²) in [6.45, 7) is 16.0. The van der Waals surface area contributed by atoms with Gasteiger partial charge in [-0.25, -0.2) is 0 Å². The van der Waals surface area contributed by atoms with Crippen molar-refractivity contribution in [3.05, 3.63) is 121 Å². The standard InChI is InChI=1S/C13H13S.C12H10S.4C2H6.CH4/c1-14(12-8-4-2-5-9-12)13-10-6-3-7-11-13;1-3-7-11(8-4-1)13-12-9-5-2-6-10-12;4*1-2;/h2-11H,1H3;1-10H;4*1-2H3;1H4/q+1;;;;;;. The maximum Gasteiger partial charge on any atom is 0.160 e. The molecule has 4 aromatic rings. The average molecular weight is 524 g/mol. The van der Waals surface area contributed by atoms with Crippen LogP contribution in [0.15, 0.2) is 141 Å². The first kappa shape index (κ1) is 38.1. The molecule has 0 aliphatic heterocycles. The number of hydrogen-bond donors (Lipinski definition) is 0. The quantitative estimate of drug-likeness (QED) is 0.240. The van der Waals surface area contributed by atoms with Crippen LogP contribution >= 0.6 is 11.8 Å². The van der Waals surface area contributed by atoms with Gasteiger partial charge >= 0.3 is 0 Å². The molecule has 0 N–H and O–H groups in total. The minimum absolute atomic E-state index is 0. The molecule has 0 nitrogen and oxygen atoms in total. The second kappa shape index (κ2) is 28.8. The summed E-state index contributed by atoms with van der Waals surface area (Å²) < 4.78 is 0. The normalized spacial score (nSPS) is 8.28. The number of hydrogen-bond acceptors (Lipinski definition) is 1. The van der Waals surface area contributed by atoms with Gasteiger partial charge in [0.05, 0.1) is 10.9 Å². The Balaban J connectivity index is -0.000000465. The van der Waals surface area contributed by atoms with Crippen LogP contribution in [0.5, 0.6) is 0 Å². The van der Waals surface area contributed by atoms with E-state index in [1.54, 1.807) is 11.8 Å². The van der Waals surface area contributed by atoms with Gasteiger partial charge in [-0.3, -0.25) is 0 Å². The van der Waals surface area contributed by atoms with Crippen molar-refractivity contribution >= 4 is 22.7 Å². The first-order valence-electron chi connectivity index (χ1n) is 12.9. The van der Waals surface area contributed by atoms with Crippen molar-refractivity contribution in [2.75, 3.05) is 6.26 Å². The molecule has 0 unspecified atom stereocenters. The zero-order valence-corrected chi connectivity index (χ0v) is 25.0. The molecule has 0 heterocycles. The van der Waals surface area contributed by atoms with Crippen molar-refractivity contribution in [1.82, 2.24) is 0 Å². The summed E-state index contributed by atoms with van der Waals surface area (Å²) in [5.74, 6) is 0. The molecule has 0 aromatic heterocycles. The van der Waals surface area contributed by atoms with E-state index in [1.165, 1.54) is 19.6 Å². The van der Waals surface area contributed by atoms with E-state index in [2.05, 4.69) is 115 Å². The fourth-order valence-electron chi connectivity index (χ4n) is 2.50. The molecule has 0 atom stereocenters. The van der Waals surface area contributed by atoms with Crippen LogP contribution in [0.2, 0.25) is 0 Å². The second-order valence-electron chi connectivity index (χ2n) is 5.86. The van der Waals surface area contributed by atoms with Crippen molar-refractivity contribution in [1.29, 1.82) is 0 Å². The molecule has 0 bridgehead atoms. The van der Waals surface area contributed by atoms with Crippen LogP contribution in [-0.4, -0.2) is 6.26 Å². The molecule has 36 heavy (non-hydrogen) atoms. The smallest absolute Gasteiger partial charge is 0.0901 e. The molecular weight excluding hydrogens is 473 g/mol. The van der Waals surface area contributed by atoms with E-state index in [4.69, 9.17) is 0 Å². The molecule has 0 aliphatic carbocycles. The Bertz CT molecular complexity index is 816. The molecule has 0 saturated heterocycles. The third-order valence-electron chi connectivity index (χ3n) is 3.92. The maximum atomic E-state index is 2.27. The third kappa shape index (κ3) is 17.1.